The summed E-state index contributed by atoms with van der Waals surface area (Å²) < 4.78 is 14.4. The molecule has 12 nitrogen and oxygen atoms in total. The summed E-state index contributed by atoms with van der Waals surface area (Å²) in [5.41, 5.74) is 3.64. The highest BCUT2D eigenvalue weighted by molar-refractivity contribution is 5.67. The fourth-order valence-corrected chi connectivity index (χ4v) is 3.80. The Bertz CT molecular complexity index is 1320. The van der Waals surface area contributed by atoms with E-state index < -0.39 is 6.09 Å². The molecule has 1 fully saturated rings. The van der Waals surface area contributed by atoms with E-state index in [9.17, 15) is 4.79 Å². The summed E-state index contributed by atoms with van der Waals surface area (Å²) in [7, 11) is 0. The maximum absolute atomic E-state index is 11.8. The summed E-state index contributed by atoms with van der Waals surface area (Å²) >= 11 is 0. The van der Waals surface area contributed by atoms with Crippen LogP contribution in [0.4, 0.5) is 10.7 Å². The van der Waals surface area contributed by atoms with E-state index in [4.69, 9.17) is 9.47 Å². The number of alkyl carbamates (subject to hydrolysis) is 1. The molecule has 188 valence electrons. The van der Waals surface area contributed by atoms with Crippen LogP contribution in [0.15, 0.2) is 48.9 Å². The number of carbonyl (C=O) groups is 1. The lowest BCUT2D eigenvalue weighted by Gasteiger charge is -2.27. The van der Waals surface area contributed by atoms with Crippen LogP contribution in [0.5, 0.6) is 6.01 Å². The minimum atomic E-state index is -0.461. The number of hydrogen-bond acceptors (Lipinski definition) is 9. The molecule has 3 aromatic heterocycles. The van der Waals surface area contributed by atoms with E-state index in [1.54, 1.807) is 16.9 Å². The largest absolute Gasteiger partial charge is 0.460 e. The zero-order chi connectivity index (χ0) is 24.9. The number of rotatable bonds is 10. The molecule has 0 aliphatic carbocycles. The molecule has 0 atom stereocenters. The Labute approximate surface area is 208 Å². The Morgan fingerprint density at radius 3 is 2.78 bits per heavy atom. The van der Waals surface area contributed by atoms with Gasteiger partial charge in [0.05, 0.1) is 17.9 Å². The predicted octanol–water partition coefficient (Wildman–Crippen LogP) is 2.12. The molecule has 1 amide bonds. The highest BCUT2D eigenvalue weighted by Crippen LogP contribution is 2.23. The summed E-state index contributed by atoms with van der Waals surface area (Å²) in [6, 6.07) is 10.2. The summed E-state index contributed by atoms with van der Waals surface area (Å²) in [5, 5.41) is 18.1. The van der Waals surface area contributed by atoms with Gasteiger partial charge in [-0.1, -0.05) is 32.0 Å². The molecule has 0 unspecified atom stereocenters. The van der Waals surface area contributed by atoms with Gasteiger partial charge < -0.3 is 25.4 Å². The van der Waals surface area contributed by atoms with Crippen molar-refractivity contribution < 1.29 is 14.3 Å². The number of hydrogen-bond donors (Lipinski definition) is 3. The lowest BCUT2D eigenvalue weighted by atomic mass is 10.1. The van der Waals surface area contributed by atoms with Gasteiger partial charge in [0.2, 0.25) is 5.95 Å². The molecular formula is C24H29N9O3. The molecule has 0 spiro atoms. The van der Waals surface area contributed by atoms with Gasteiger partial charge in [-0.05, 0) is 23.6 Å². The quantitative estimate of drug-likeness (QED) is 0.285. The van der Waals surface area contributed by atoms with Gasteiger partial charge in [0.1, 0.15) is 13.2 Å². The SMILES string of the molecule is CC(C)c1cnn2c(NCc3ccccc3-n3cccn3)nc(OCCOC(=O)NC3CNC3)nc12. The first kappa shape index (κ1) is 23.5. The van der Waals surface area contributed by atoms with Crippen molar-refractivity contribution in [3.63, 3.8) is 0 Å². The molecule has 1 aliphatic rings. The van der Waals surface area contributed by atoms with E-state index in [1.807, 2.05) is 41.2 Å². The topological polar surface area (TPSA) is 133 Å². The number of fused-ring (bicyclic) bond motifs is 1. The second-order valence-corrected chi connectivity index (χ2v) is 8.74. The number of aromatic nitrogens is 6. The van der Waals surface area contributed by atoms with Gasteiger partial charge in [0.25, 0.3) is 0 Å². The van der Waals surface area contributed by atoms with Crippen LogP contribution < -0.4 is 20.7 Å². The maximum atomic E-state index is 11.8. The van der Waals surface area contributed by atoms with Crippen LogP contribution in [0.2, 0.25) is 0 Å². The van der Waals surface area contributed by atoms with E-state index in [0.29, 0.717) is 18.1 Å². The standard InChI is InChI=1S/C24H29N9O3/c1-16(2)19-15-28-33-21(19)30-23(35-10-11-36-24(34)29-18-13-25-14-18)31-22(33)26-12-17-6-3-4-7-20(17)32-9-5-8-27-32/h3-9,15-16,18,25H,10-14H2,1-2H3,(H,29,34)(H,26,30,31). The normalized spacial score (nSPS) is 13.5. The van der Waals surface area contributed by atoms with Crippen molar-refractivity contribution in [3.05, 3.63) is 60.0 Å². The Morgan fingerprint density at radius 2 is 2.03 bits per heavy atom. The number of ether oxygens (including phenoxy) is 2. The Hall–Kier alpha value is -4.19. The number of nitrogens with zero attached hydrogens (tertiary/aromatic N) is 6. The third-order valence-electron chi connectivity index (χ3n) is 5.83. The van der Waals surface area contributed by atoms with Crippen molar-refractivity contribution in [3.8, 4) is 11.7 Å². The van der Waals surface area contributed by atoms with Crippen molar-refractivity contribution in [2.24, 2.45) is 0 Å². The van der Waals surface area contributed by atoms with Crippen LogP contribution in [0.1, 0.15) is 30.9 Å². The number of nitrogens with one attached hydrogen (secondary N) is 3. The molecule has 0 radical (unpaired) electrons. The second-order valence-electron chi connectivity index (χ2n) is 8.74. The number of carbonyl (C=O) groups excluding carboxylic acids is 1. The molecule has 4 heterocycles. The fraction of sp³-hybridized carbons (Fsp3) is 0.375. The number of para-hydroxylation sites is 1. The Morgan fingerprint density at radius 1 is 1.17 bits per heavy atom. The minimum absolute atomic E-state index is 0.0802. The van der Waals surface area contributed by atoms with Gasteiger partial charge in [0, 0.05) is 37.6 Å². The van der Waals surface area contributed by atoms with Gasteiger partial charge in [-0.25, -0.2) is 9.48 Å². The molecular weight excluding hydrogens is 462 g/mol. The molecule has 12 heteroatoms. The minimum Gasteiger partial charge on any atom is -0.460 e. The second kappa shape index (κ2) is 10.6. The Balaban J connectivity index is 1.30. The van der Waals surface area contributed by atoms with Gasteiger partial charge in [0.15, 0.2) is 5.65 Å². The van der Waals surface area contributed by atoms with E-state index >= 15 is 0 Å². The van der Waals surface area contributed by atoms with Crippen molar-refractivity contribution in [1.29, 1.82) is 0 Å². The van der Waals surface area contributed by atoms with E-state index in [-0.39, 0.29) is 31.2 Å². The van der Waals surface area contributed by atoms with E-state index in [1.165, 1.54) is 0 Å². The average Bonchev–Trinajstić information content (AvgIpc) is 3.53. The third kappa shape index (κ3) is 5.23. The first-order chi connectivity index (χ1) is 17.6. The molecule has 1 aromatic carbocycles. The summed E-state index contributed by atoms with van der Waals surface area (Å²) in [6.07, 6.45) is 4.99. The summed E-state index contributed by atoms with van der Waals surface area (Å²) in [6.45, 7) is 6.36. The number of anilines is 1. The first-order valence-corrected chi connectivity index (χ1v) is 11.9. The van der Waals surface area contributed by atoms with Gasteiger partial charge in [-0.15, -0.1) is 0 Å². The first-order valence-electron chi connectivity index (χ1n) is 11.9. The highest BCUT2D eigenvalue weighted by Gasteiger charge is 2.20. The monoisotopic (exact) mass is 491 g/mol. The molecule has 1 saturated heterocycles. The van der Waals surface area contributed by atoms with Gasteiger partial charge in [-0.3, -0.25) is 0 Å². The van der Waals surface area contributed by atoms with Crippen LogP contribution in [0.3, 0.4) is 0 Å². The predicted molar refractivity (Wildman–Crippen MR) is 132 cm³/mol. The van der Waals surface area contributed by atoms with Crippen LogP contribution in [0, 0.1) is 0 Å². The average molecular weight is 492 g/mol. The smallest absolute Gasteiger partial charge is 0.407 e. The van der Waals surface area contributed by atoms with E-state index in [2.05, 4.69) is 50.0 Å². The number of amides is 1. The Kier molecular flexibility index (Phi) is 6.94. The summed E-state index contributed by atoms with van der Waals surface area (Å²) in [4.78, 5) is 20.9. The molecule has 5 rings (SSSR count). The van der Waals surface area contributed by atoms with Crippen LogP contribution in [0.25, 0.3) is 11.3 Å². The molecule has 4 aromatic rings. The summed E-state index contributed by atoms with van der Waals surface area (Å²) in [5.74, 6) is 0.708. The molecule has 0 bridgehead atoms. The molecule has 3 N–H and O–H groups in total. The molecule has 0 saturated carbocycles. The highest BCUT2D eigenvalue weighted by atomic mass is 16.6. The molecule has 1 aliphatic heterocycles. The fourth-order valence-electron chi connectivity index (χ4n) is 3.80. The zero-order valence-corrected chi connectivity index (χ0v) is 20.2. The zero-order valence-electron chi connectivity index (χ0n) is 20.2. The molecule has 36 heavy (non-hydrogen) atoms. The number of benzene rings is 1. The van der Waals surface area contributed by atoms with E-state index in [0.717, 1.165) is 29.9 Å². The van der Waals surface area contributed by atoms with Crippen molar-refractivity contribution in [1.82, 2.24) is 40.0 Å². The van der Waals surface area contributed by atoms with Crippen molar-refractivity contribution >= 4 is 17.7 Å². The lowest BCUT2D eigenvalue weighted by Crippen LogP contribution is -2.57. The van der Waals surface area contributed by atoms with Crippen LogP contribution >= 0.6 is 0 Å². The van der Waals surface area contributed by atoms with Crippen LogP contribution in [-0.4, -0.2) is 67.8 Å². The van der Waals surface area contributed by atoms with Gasteiger partial charge in [-0.2, -0.15) is 24.7 Å². The maximum Gasteiger partial charge on any atom is 0.407 e. The van der Waals surface area contributed by atoms with Crippen molar-refractivity contribution in [2.45, 2.75) is 32.4 Å². The van der Waals surface area contributed by atoms with Crippen LogP contribution in [-0.2, 0) is 11.3 Å². The lowest BCUT2D eigenvalue weighted by molar-refractivity contribution is 0.116. The van der Waals surface area contributed by atoms with Gasteiger partial charge >= 0.3 is 12.1 Å². The van der Waals surface area contributed by atoms with Crippen molar-refractivity contribution in [2.75, 3.05) is 31.6 Å². The third-order valence-corrected chi connectivity index (χ3v) is 5.83.